The number of carbonyl (C=O) groups is 1. The third-order valence-electron chi connectivity index (χ3n) is 3.69. The number of benzene rings is 2. The number of thiophene rings is 1. The summed E-state index contributed by atoms with van der Waals surface area (Å²) >= 11 is 1.30. The lowest BCUT2D eigenvalue weighted by molar-refractivity contribution is 0.0992. The van der Waals surface area contributed by atoms with Gasteiger partial charge in [0.1, 0.15) is 5.82 Å². The molecule has 0 atom stereocenters. The lowest BCUT2D eigenvalue weighted by atomic mass is 10.1. The summed E-state index contributed by atoms with van der Waals surface area (Å²) in [6, 6.07) is 14.3. The van der Waals surface area contributed by atoms with Crippen LogP contribution in [-0.4, -0.2) is 20.1 Å². The van der Waals surface area contributed by atoms with Gasteiger partial charge >= 0.3 is 0 Å². The van der Waals surface area contributed by atoms with E-state index in [9.17, 15) is 9.18 Å². The highest BCUT2D eigenvalue weighted by atomic mass is 32.1. The summed E-state index contributed by atoms with van der Waals surface area (Å²) in [5, 5.41) is 0.476. The Labute approximate surface area is 137 Å². The smallest absolute Gasteiger partial charge is 0.268 e. The van der Waals surface area contributed by atoms with Gasteiger partial charge in [-0.25, -0.2) is 4.39 Å². The number of fused-ring (bicyclic) bond motifs is 1. The molecule has 118 valence electrons. The van der Waals surface area contributed by atoms with E-state index < -0.39 is 0 Å². The van der Waals surface area contributed by atoms with Gasteiger partial charge in [0.05, 0.1) is 11.5 Å². The first-order valence-electron chi connectivity index (χ1n) is 7.15. The average molecular weight is 329 g/mol. The van der Waals surface area contributed by atoms with Crippen molar-refractivity contribution in [3.8, 4) is 0 Å². The molecule has 3 aromatic rings. The molecule has 1 aromatic heterocycles. The van der Waals surface area contributed by atoms with Crippen LogP contribution in [0.1, 0.15) is 15.2 Å². The van der Waals surface area contributed by atoms with Gasteiger partial charge in [-0.05, 0) is 24.3 Å². The Hall–Kier alpha value is -2.24. The molecule has 1 heterocycles. The van der Waals surface area contributed by atoms with E-state index >= 15 is 0 Å². The second-order valence-corrected chi connectivity index (χ2v) is 6.21. The van der Waals surface area contributed by atoms with Gasteiger partial charge in [0.2, 0.25) is 0 Å². The topological polar surface area (TPSA) is 29.5 Å². The molecule has 0 saturated carbocycles. The van der Waals surface area contributed by atoms with Crippen LogP contribution < -0.4 is 4.90 Å². The zero-order valence-corrected chi connectivity index (χ0v) is 13.7. The fourth-order valence-corrected chi connectivity index (χ4v) is 3.74. The van der Waals surface area contributed by atoms with E-state index in [-0.39, 0.29) is 18.3 Å². The van der Waals surface area contributed by atoms with Gasteiger partial charge in [-0.2, -0.15) is 0 Å². The monoisotopic (exact) mass is 329 g/mol. The van der Waals surface area contributed by atoms with E-state index in [1.807, 2.05) is 36.4 Å². The average Bonchev–Trinajstić information content (AvgIpc) is 2.95. The molecule has 0 saturated heterocycles. The highest BCUT2D eigenvalue weighted by Crippen LogP contribution is 2.35. The summed E-state index contributed by atoms with van der Waals surface area (Å²) in [6.07, 6.45) is 0. The number of hydrogen-bond donors (Lipinski definition) is 0. The summed E-state index contributed by atoms with van der Waals surface area (Å²) in [5.41, 5.74) is 1.40. The van der Waals surface area contributed by atoms with Gasteiger partial charge in [-0.1, -0.05) is 24.3 Å². The molecule has 0 radical (unpaired) electrons. The Bertz CT molecular complexity index is 845. The third-order valence-corrected chi connectivity index (χ3v) is 4.88. The fourth-order valence-electron chi connectivity index (χ4n) is 2.54. The van der Waals surface area contributed by atoms with Crippen LogP contribution in [0.15, 0.2) is 48.5 Å². The first kappa shape index (κ1) is 15.6. The molecule has 0 fully saturated rings. The lowest BCUT2D eigenvalue weighted by Crippen LogP contribution is -2.26. The van der Waals surface area contributed by atoms with Crippen molar-refractivity contribution < 1.29 is 13.9 Å². The maximum absolute atomic E-state index is 14.2. The van der Waals surface area contributed by atoms with Crippen LogP contribution in [0.25, 0.3) is 10.1 Å². The quantitative estimate of drug-likeness (QED) is 0.707. The SMILES string of the molecule is COCc1c(C(=O)N(C)c2ccccc2)sc2cccc(F)c12. The van der Waals surface area contributed by atoms with Crippen molar-refractivity contribution in [2.24, 2.45) is 0 Å². The van der Waals surface area contributed by atoms with Crippen LogP contribution in [0.2, 0.25) is 0 Å². The first-order valence-corrected chi connectivity index (χ1v) is 7.97. The second kappa shape index (κ2) is 6.48. The van der Waals surface area contributed by atoms with E-state index in [0.29, 0.717) is 15.8 Å². The molecule has 0 aliphatic heterocycles. The Morgan fingerprint density at radius 1 is 1.17 bits per heavy atom. The predicted molar refractivity (Wildman–Crippen MR) is 91.7 cm³/mol. The van der Waals surface area contributed by atoms with Crippen LogP contribution in [0.3, 0.4) is 0 Å². The predicted octanol–water partition coefficient (Wildman–Crippen LogP) is 4.46. The van der Waals surface area contributed by atoms with Crippen molar-refractivity contribution in [3.05, 3.63) is 64.8 Å². The Kier molecular flexibility index (Phi) is 4.41. The van der Waals surface area contributed by atoms with E-state index in [4.69, 9.17) is 4.74 Å². The van der Waals surface area contributed by atoms with Crippen molar-refractivity contribution in [1.29, 1.82) is 0 Å². The van der Waals surface area contributed by atoms with Crippen molar-refractivity contribution in [2.75, 3.05) is 19.1 Å². The van der Waals surface area contributed by atoms with E-state index in [1.54, 1.807) is 25.1 Å². The number of hydrogen-bond acceptors (Lipinski definition) is 3. The number of halogens is 1. The van der Waals surface area contributed by atoms with Gasteiger partial charge in [0, 0.05) is 35.5 Å². The molecule has 0 unspecified atom stereocenters. The summed E-state index contributed by atoms with van der Waals surface area (Å²) in [6.45, 7) is 0.199. The minimum Gasteiger partial charge on any atom is -0.380 e. The number of anilines is 1. The minimum atomic E-state index is -0.327. The minimum absolute atomic E-state index is 0.163. The molecule has 3 nitrogen and oxygen atoms in total. The third kappa shape index (κ3) is 2.85. The van der Waals surface area contributed by atoms with Gasteiger partial charge in [-0.15, -0.1) is 11.3 Å². The molecular weight excluding hydrogens is 313 g/mol. The Morgan fingerprint density at radius 3 is 2.61 bits per heavy atom. The number of nitrogens with zero attached hydrogens (tertiary/aromatic N) is 1. The normalized spacial score (nSPS) is 10.9. The van der Waals surface area contributed by atoms with Crippen LogP contribution in [0.5, 0.6) is 0 Å². The van der Waals surface area contributed by atoms with Crippen LogP contribution in [-0.2, 0) is 11.3 Å². The number of para-hydroxylation sites is 1. The fraction of sp³-hybridized carbons (Fsp3) is 0.167. The Balaban J connectivity index is 2.10. The van der Waals surface area contributed by atoms with Crippen LogP contribution in [0.4, 0.5) is 10.1 Å². The molecule has 3 rings (SSSR count). The number of amides is 1. The highest BCUT2D eigenvalue weighted by molar-refractivity contribution is 7.21. The van der Waals surface area contributed by atoms with Crippen molar-refractivity contribution in [2.45, 2.75) is 6.61 Å². The van der Waals surface area contributed by atoms with Crippen molar-refractivity contribution in [3.63, 3.8) is 0 Å². The van der Waals surface area contributed by atoms with Gasteiger partial charge in [0.15, 0.2) is 0 Å². The zero-order valence-electron chi connectivity index (χ0n) is 12.9. The molecule has 23 heavy (non-hydrogen) atoms. The van der Waals surface area contributed by atoms with Crippen molar-refractivity contribution >= 4 is 33.0 Å². The molecule has 0 aliphatic carbocycles. The van der Waals surface area contributed by atoms with Crippen LogP contribution in [0, 0.1) is 5.82 Å². The molecule has 0 bridgehead atoms. The van der Waals surface area contributed by atoms with Crippen LogP contribution >= 0.6 is 11.3 Å². The molecule has 5 heteroatoms. The van der Waals surface area contributed by atoms with E-state index in [0.717, 1.165) is 10.4 Å². The highest BCUT2D eigenvalue weighted by Gasteiger charge is 2.23. The lowest BCUT2D eigenvalue weighted by Gasteiger charge is -2.17. The largest absolute Gasteiger partial charge is 0.380 e. The van der Waals surface area contributed by atoms with Gasteiger partial charge in [-0.3, -0.25) is 4.79 Å². The second-order valence-electron chi connectivity index (χ2n) is 5.16. The standard InChI is InChI=1S/C18H16FNO2S/c1-20(12-7-4-3-5-8-12)18(21)17-13(11-22-2)16-14(19)9-6-10-15(16)23-17/h3-10H,11H2,1-2H3. The van der Waals surface area contributed by atoms with Crippen molar-refractivity contribution in [1.82, 2.24) is 0 Å². The maximum atomic E-state index is 14.2. The maximum Gasteiger partial charge on any atom is 0.268 e. The molecular formula is C18H16FNO2S. The molecule has 0 spiro atoms. The summed E-state index contributed by atoms with van der Waals surface area (Å²) in [7, 11) is 3.26. The first-order chi connectivity index (χ1) is 11.1. The summed E-state index contributed by atoms with van der Waals surface area (Å²) in [4.78, 5) is 15.0. The molecule has 0 N–H and O–H groups in total. The summed E-state index contributed by atoms with van der Waals surface area (Å²) in [5.74, 6) is -0.490. The number of carbonyl (C=O) groups excluding carboxylic acids is 1. The number of methoxy groups -OCH3 is 1. The number of rotatable bonds is 4. The van der Waals surface area contributed by atoms with E-state index in [1.165, 1.54) is 17.4 Å². The molecule has 2 aromatic carbocycles. The van der Waals surface area contributed by atoms with Gasteiger partial charge in [0.25, 0.3) is 5.91 Å². The Morgan fingerprint density at radius 2 is 1.91 bits per heavy atom. The molecule has 0 aliphatic rings. The molecule has 1 amide bonds. The summed E-state index contributed by atoms with van der Waals surface area (Å²) < 4.78 is 20.1. The van der Waals surface area contributed by atoms with E-state index in [2.05, 4.69) is 0 Å². The zero-order chi connectivity index (χ0) is 16.4. The van der Waals surface area contributed by atoms with Gasteiger partial charge < -0.3 is 9.64 Å². The number of ether oxygens (including phenoxy) is 1.